The highest BCUT2D eigenvalue weighted by Crippen LogP contribution is 2.35. The Balaban J connectivity index is 1.45. The molecule has 182 valence electrons. The van der Waals surface area contributed by atoms with Gasteiger partial charge in [0.2, 0.25) is 5.95 Å². The van der Waals surface area contributed by atoms with E-state index < -0.39 is 5.95 Å². The lowest BCUT2D eigenvalue weighted by molar-refractivity contribution is 0.0897. The van der Waals surface area contributed by atoms with E-state index in [1.165, 1.54) is 0 Å². The molecule has 2 aliphatic rings. The number of hydrogen-bond acceptors (Lipinski definition) is 5. The molecule has 0 spiro atoms. The SMILES string of the molecule is CCN1CCN(c2ccc(-c3cc(-c4ccc5c(c4)CC(C)(C)NC5=O)c(N)nc3F)cc2)CC1. The van der Waals surface area contributed by atoms with Crippen LogP contribution in [0.15, 0.2) is 48.5 Å². The van der Waals surface area contributed by atoms with Gasteiger partial charge in [0.25, 0.3) is 5.91 Å². The van der Waals surface area contributed by atoms with Crippen molar-refractivity contribution >= 4 is 17.4 Å². The van der Waals surface area contributed by atoms with Crippen molar-refractivity contribution in [3.8, 4) is 22.3 Å². The standard InChI is InChI=1S/C28H32FN5O/c1-4-33-11-13-34(14-12-33)21-8-5-18(6-9-21)23-16-24(26(30)31-25(23)29)19-7-10-22-20(15-19)17-28(2,3)32-27(22)35/h5-10,15-16H,4,11-14,17H2,1-3H3,(H2,30,31)(H,32,35). The van der Waals surface area contributed by atoms with Crippen molar-refractivity contribution in [1.29, 1.82) is 0 Å². The number of likely N-dealkylation sites (N-methyl/N-ethyl adjacent to an activating group) is 1. The van der Waals surface area contributed by atoms with Crippen LogP contribution in [0.2, 0.25) is 0 Å². The highest BCUT2D eigenvalue weighted by atomic mass is 19.1. The summed E-state index contributed by atoms with van der Waals surface area (Å²) in [6.45, 7) is 11.4. The quantitative estimate of drug-likeness (QED) is 0.552. The minimum Gasteiger partial charge on any atom is -0.383 e. The van der Waals surface area contributed by atoms with E-state index in [0.717, 1.165) is 55.1 Å². The number of carbonyl (C=O) groups is 1. The predicted molar refractivity (Wildman–Crippen MR) is 139 cm³/mol. The van der Waals surface area contributed by atoms with Gasteiger partial charge in [0.05, 0.1) is 0 Å². The number of fused-ring (bicyclic) bond motifs is 1. The first kappa shape index (κ1) is 23.3. The third-order valence-electron chi connectivity index (χ3n) is 7.11. The molecule has 0 unspecified atom stereocenters. The Hall–Kier alpha value is -3.45. The number of benzene rings is 2. The number of halogens is 1. The molecule has 1 saturated heterocycles. The lowest BCUT2D eigenvalue weighted by atomic mass is 9.85. The van der Waals surface area contributed by atoms with Crippen LogP contribution in [0.25, 0.3) is 22.3 Å². The van der Waals surface area contributed by atoms with Crippen LogP contribution in [0.4, 0.5) is 15.9 Å². The number of carbonyl (C=O) groups excluding carboxylic acids is 1. The maximum absolute atomic E-state index is 14.9. The Morgan fingerprint density at radius 1 is 0.971 bits per heavy atom. The topological polar surface area (TPSA) is 74.5 Å². The number of nitrogens with two attached hydrogens (primary N) is 1. The summed E-state index contributed by atoms with van der Waals surface area (Å²) in [5.41, 5.74) is 11.2. The van der Waals surface area contributed by atoms with Crippen LogP contribution < -0.4 is 16.0 Å². The van der Waals surface area contributed by atoms with E-state index in [1.807, 2.05) is 56.3 Å². The Morgan fingerprint density at radius 3 is 2.34 bits per heavy atom. The summed E-state index contributed by atoms with van der Waals surface area (Å²) in [4.78, 5) is 21.3. The molecule has 1 aromatic heterocycles. The number of rotatable bonds is 4. The number of nitrogen functional groups attached to an aromatic ring is 1. The van der Waals surface area contributed by atoms with Gasteiger partial charge in [-0.05, 0) is 67.8 Å². The van der Waals surface area contributed by atoms with Crippen molar-refractivity contribution < 1.29 is 9.18 Å². The number of pyridine rings is 1. The maximum Gasteiger partial charge on any atom is 0.251 e. The first-order valence-electron chi connectivity index (χ1n) is 12.2. The lowest BCUT2D eigenvalue weighted by Crippen LogP contribution is -2.49. The molecule has 0 atom stereocenters. The van der Waals surface area contributed by atoms with Gasteiger partial charge < -0.3 is 20.9 Å². The third kappa shape index (κ3) is 4.60. The highest BCUT2D eigenvalue weighted by molar-refractivity contribution is 5.98. The van der Waals surface area contributed by atoms with E-state index in [0.29, 0.717) is 23.1 Å². The van der Waals surface area contributed by atoms with Gasteiger partial charge in [-0.15, -0.1) is 0 Å². The fourth-order valence-electron chi connectivity index (χ4n) is 5.14. The second kappa shape index (κ2) is 8.96. The molecule has 1 amide bonds. The first-order chi connectivity index (χ1) is 16.7. The highest BCUT2D eigenvalue weighted by Gasteiger charge is 2.30. The van der Waals surface area contributed by atoms with Gasteiger partial charge in [0, 0.05) is 54.1 Å². The summed E-state index contributed by atoms with van der Waals surface area (Å²) >= 11 is 0. The van der Waals surface area contributed by atoms with Crippen molar-refractivity contribution in [2.24, 2.45) is 0 Å². The minimum absolute atomic E-state index is 0.0788. The molecule has 0 aliphatic carbocycles. The molecule has 35 heavy (non-hydrogen) atoms. The van der Waals surface area contributed by atoms with Gasteiger partial charge in [-0.25, -0.2) is 4.98 Å². The number of aromatic nitrogens is 1. The van der Waals surface area contributed by atoms with Crippen molar-refractivity contribution in [1.82, 2.24) is 15.2 Å². The Morgan fingerprint density at radius 2 is 1.66 bits per heavy atom. The molecule has 1 fully saturated rings. The molecule has 3 heterocycles. The molecule has 5 rings (SSSR count). The van der Waals surface area contributed by atoms with E-state index in [1.54, 1.807) is 6.07 Å². The zero-order valence-corrected chi connectivity index (χ0v) is 20.6. The van der Waals surface area contributed by atoms with Crippen molar-refractivity contribution in [2.45, 2.75) is 32.7 Å². The summed E-state index contributed by atoms with van der Waals surface area (Å²) in [7, 11) is 0. The average Bonchev–Trinajstić information content (AvgIpc) is 2.83. The van der Waals surface area contributed by atoms with Gasteiger partial charge in [0.1, 0.15) is 5.82 Å². The van der Waals surface area contributed by atoms with Gasteiger partial charge >= 0.3 is 0 Å². The summed E-state index contributed by atoms with van der Waals surface area (Å²) in [6.07, 6.45) is 0.706. The van der Waals surface area contributed by atoms with Gasteiger partial charge in [0.15, 0.2) is 0 Å². The van der Waals surface area contributed by atoms with Crippen LogP contribution in [0.5, 0.6) is 0 Å². The monoisotopic (exact) mass is 473 g/mol. The van der Waals surface area contributed by atoms with Crippen LogP contribution in [0.1, 0.15) is 36.7 Å². The third-order valence-corrected chi connectivity index (χ3v) is 7.11. The first-order valence-corrected chi connectivity index (χ1v) is 12.2. The minimum atomic E-state index is -0.589. The second-order valence-electron chi connectivity index (χ2n) is 10.1. The molecule has 0 radical (unpaired) electrons. The van der Waals surface area contributed by atoms with E-state index in [4.69, 9.17) is 5.73 Å². The number of anilines is 2. The number of nitrogens with one attached hydrogen (secondary N) is 1. The average molecular weight is 474 g/mol. The number of nitrogens with zero attached hydrogens (tertiary/aromatic N) is 3. The van der Waals surface area contributed by atoms with Crippen LogP contribution in [-0.4, -0.2) is 54.1 Å². The molecule has 3 N–H and O–H groups in total. The van der Waals surface area contributed by atoms with E-state index >= 15 is 0 Å². The lowest BCUT2D eigenvalue weighted by Gasteiger charge is -2.35. The van der Waals surface area contributed by atoms with Crippen LogP contribution in [0, 0.1) is 5.95 Å². The smallest absolute Gasteiger partial charge is 0.251 e. The largest absolute Gasteiger partial charge is 0.383 e. The molecular weight excluding hydrogens is 441 g/mol. The number of piperazine rings is 1. The maximum atomic E-state index is 14.9. The molecule has 7 heteroatoms. The molecule has 0 bridgehead atoms. The van der Waals surface area contributed by atoms with E-state index in [9.17, 15) is 9.18 Å². The Kier molecular flexibility index (Phi) is 5.97. The Labute approximate surface area is 206 Å². The molecule has 0 saturated carbocycles. The molecule has 6 nitrogen and oxygen atoms in total. The van der Waals surface area contributed by atoms with Crippen molar-refractivity contribution in [3.05, 3.63) is 65.6 Å². The molecule has 2 aromatic carbocycles. The number of amides is 1. The zero-order chi connectivity index (χ0) is 24.7. The molecule has 2 aliphatic heterocycles. The number of hydrogen-bond donors (Lipinski definition) is 2. The van der Waals surface area contributed by atoms with Crippen molar-refractivity contribution in [2.75, 3.05) is 43.4 Å². The normalized spacial score (nSPS) is 17.7. The van der Waals surface area contributed by atoms with Crippen LogP contribution in [0.3, 0.4) is 0 Å². The summed E-state index contributed by atoms with van der Waals surface area (Å²) < 4.78 is 14.9. The predicted octanol–water partition coefficient (Wildman–Crippen LogP) is 4.34. The molecule has 3 aromatic rings. The Bertz CT molecular complexity index is 1260. The summed E-state index contributed by atoms with van der Waals surface area (Å²) in [5.74, 6) is -0.532. The van der Waals surface area contributed by atoms with Crippen LogP contribution in [-0.2, 0) is 6.42 Å². The van der Waals surface area contributed by atoms with Crippen molar-refractivity contribution in [3.63, 3.8) is 0 Å². The fourth-order valence-corrected chi connectivity index (χ4v) is 5.14. The molecular formula is C28H32FN5O. The zero-order valence-electron chi connectivity index (χ0n) is 20.6. The fraction of sp³-hybridized carbons (Fsp3) is 0.357. The summed E-state index contributed by atoms with van der Waals surface area (Å²) in [5, 5.41) is 3.02. The van der Waals surface area contributed by atoms with E-state index in [-0.39, 0.29) is 17.3 Å². The summed E-state index contributed by atoms with van der Waals surface area (Å²) in [6, 6.07) is 15.4. The van der Waals surface area contributed by atoms with Gasteiger partial charge in [-0.1, -0.05) is 31.2 Å². The van der Waals surface area contributed by atoms with E-state index in [2.05, 4.69) is 27.0 Å². The van der Waals surface area contributed by atoms with Gasteiger partial charge in [-0.3, -0.25) is 4.79 Å². The van der Waals surface area contributed by atoms with Crippen LogP contribution >= 0.6 is 0 Å². The second-order valence-corrected chi connectivity index (χ2v) is 10.1. The van der Waals surface area contributed by atoms with Gasteiger partial charge in [-0.2, -0.15) is 4.39 Å².